The molecule has 3 nitrogen and oxygen atoms in total. The summed E-state index contributed by atoms with van der Waals surface area (Å²) in [5.74, 6) is 1.12. The summed E-state index contributed by atoms with van der Waals surface area (Å²) in [6.07, 6.45) is 2.02. The van der Waals surface area contributed by atoms with Crippen LogP contribution in [0.5, 0.6) is 5.88 Å². The minimum Gasteiger partial charge on any atom is -0.493 e. The van der Waals surface area contributed by atoms with Crippen molar-refractivity contribution in [3.05, 3.63) is 11.8 Å². The first kappa shape index (κ1) is 8.46. The molecule has 0 aliphatic carbocycles. The van der Waals surface area contributed by atoms with Crippen molar-refractivity contribution in [1.29, 1.82) is 0 Å². The van der Waals surface area contributed by atoms with E-state index < -0.39 is 0 Å². The molecule has 0 aromatic carbocycles. The normalized spacial score (nSPS) is 10.4. The fraction of sp³-hybridized carbons (Fsp3) is 0.571. The standard InChI is InChI=1S/C7H12N2OS/c1-3-9-7(10)4-6(8-9)5-11-2/h4,10H,3,5H2,1-2H3. The Bertz CT molecular complexity index is 234. The molecule has 0 aliphatic heterocycles. The number of nitrogens with zero attached hydrogens (tertiary/aromatic N) is 2. The van der Waals surface area contributed by atoms with Crippen LogP contribution in [0.15, 0.2) is 6.07 Å². The van der Waals surface area contributed by atoms with E-state index in [0.29, 0.717) is 0 Å². The van der Waals surface area contributed by atoms with Gasteiger partial charge in [0.25, 0.3) is 0 Å². The lowest BCUT2D eigenvalue weighted by molar-refractivity contribution is 0.405. The van der Waals surface area contributed by atoms with Crippen LogP contribution in [0.25, 0.3) is 0 Å². The highest BCUT2D eigenvalue weighted by Gasteiger charge is 2.02. The van der Waals surface area contributed by atoms with Gasteiger partial charge in [-0.05, 0) is 13.2 Å². The molecule has 4 heteroatoms. The van der Waals surface area contributed by atoms with Crippen molar-refractivity contribution in [2.45, 2.75) is 19.2 Å². The van der Waals surface area contributed by atoms with Gasteiger partial charge in [-0.15, -0.1) is 0 Å². The monoisotopic (exact) mass is 172 g/mol. The molecule has 0 bridgehead atoms. The second-order valence-corrected chi connectivity index (χ2v) is 3.11. The molecule has 1 aromatic heterocycles. The summed E-state index contributed by atoms with van der Waals surface area (Å²) in [5.41, 5.74) is 0.942. The Morgan fingerprint density at radius 1 is 1.73 bits per heavy atom. The number of thioether (sulfide) groups is 1. The quantitative estimate of drug-likeness (QED) is 0.750. The lowest BCUT2D eigenvalue weighted by Gasteiger charge is -1.94. The second kappa shape index (κ2) is 3.67. The zero-order chi connectivity index (χ0) is 8.27. The van der Waals surface area contributed by atoms with Crippen LogP contribution in [0.2, 0.25) is 0 Å². The van der Waals surface area contributed by atoms with E-state index >= 15 is 0 Å². The van der Waals surface area contributed by atoms with Crippen LogP contribution in [-0.2, 0) is 12.3 Å². The van der Waals surface area contributed by atoms with E-state index in [1.54, 1.807) is 22.5 Å². The summed E-state index contributed by atoms with van der Waals surface area (Å²) in [7, 11) is 0. The molecule has 1 heterocycles. The van der Waals surface area contributed by atoms with Crippen LogP contribution in [0, 0.1) is 0 Å². The van der Waals surface area contributed by atoms with Gasteiger partial charge in [-0.3, -0.25) is 0 Å². The highest BCUT2D eigenvalue weighted by atomic mass is 32.2. The van der Waals surface area contributed by atoms with E-state index in [9.17, 15) is 5.11 Å². The number of hydrogen-bond donors (Lipinski definition) is 1. The number of aromatic hydroxyl groups is 1. The minimum atomic E-state index is 0.261. The van der Waals surface area contributed by atoms with Gasteiger partial charge in [0.1, 0.15) is 0 Å². The van der Waals surface area contributed by atoms with Crippen molar-refractivity contribution in [2.24, 2.45) is 0 Å². The van der Waals surface area contributed by atoms with Gasteiger partial charge in [0.2, 0.25) is 5.88 Å². The first-order valence-electron chi connectivity index (χ1n) is 3.52. The smallest absolute Gasteiger partial charge is 0.209 e. The first-order valence-corrected chi connectivity index (χ1v) is 4.92. The summed E-state index contributed by atoms with van der Waals surface area (Å²) in [6.45, 7) is 2.68. The lowest BCUT2D eigenvalue weighted by atomic mass is 10.5. The number of aromatic nitrogens is 2. The van der Waals surface area contributed by atoms with Crippen molar-refractivity contribution < 1.29 is 5.11 Å². The van der Waals surface area contributed by atoms with E-state index in [1.807, 2.05) is 13.2 Å². The third-order valence-corrected chi connectivity index (χ3v) is 1.99. The van der Waals surface area contributed by atoms with Crippen molar-refractivity contribution in [2.75, 3.05) is 6.26 Å². The summed E-state index contributed by atoms with van der Waals surface area (Å²) in [5, 5.41) is 13.4. The zero-order valence-electron chi connectivity index (χ0n) is 6.74. The van der Waals surface area contributed by atoms with Gasteiger partial charge < -0.3 is 5.11 Å². The maximum absolute atomic E-state index is 9.25. The second-order valence-electron chi connectivity index (χ2n) is 2.24. The predicted molar refractivity (Wildman–Crippen MR) is 46.8 cm³/mol. The van der Waals surface area contributed by atoms with Crippen LogP contribution in [-0.4, -0.2) is 21.1 Å². The molecule has 0 fully saturated rings. The Balaban J connectivity index is 2.77. The number of rotatable bonds is 3. The SMILES string of the molecule is CCn1nc(CSC)cc1O. The highest BCUT2D eigenvalue weighted by Crippen LogP contribution is 2.14. The Kier molecular flexibility index (Phi) is 2.82. The van der Waals surface area contributed by atoms with Crippen molar-refractivity contribution in [3.8, 4) is 5.88 Å². The molecule has 0 saturated carbocycles. The van der Waals surface area contributed by atoms with Gasteiger partial charge in [0, 0.05) is 18.4 Å². The van der Waals surface area contributed by atoms with E-state index in [1.165, 1.54) is 0 Å². The third kappa shape index (κ3) is 1.89. The molecule has 0 radical (unpaired) electrons. The topological polar surface area (TPSA) is 38.0 Å². The average molecular weight is 172 g/mol. The van der Waals surface area contributed by atoms with Crippen molar-refractivity contribution in [1.82, 2.24) is 9.78 Å². The molecular formula is C7H12N2OS. The molecule has 0 aliphatic rings. The summed E-state index contributed by atoms with van der Waals surface area (Å²) in [6, 6.07) is 1.71. The molecule has 0 spiro atoms. The molecule has 1 N–H and O–H groups in total. The third-order valence-electron chi connectivity index (χ3n) is 1.40. The largest absolute Gasteiger partial charge is 0.493 e. The van der Waals surface area contributed by atoms with E-state index in [2.05, 4.69) is 5.10 Å². The van der Waals surface area contributed by atoms with Crippen LogP contribution in [0.3, 0.4) is 0 Å². The molecule has 1 rings (SSSR count). The molecular weight excluding hydrogens is 160 g/mol. The molecule has 0 amide bonds. The fourth-order valence-corrected chi connectivity index (χ4v) is 1.35. The first-order chi connectivity index (χ1) is 5.27. The van der Waals surface area contributed by atoms with E-state index in [-0.39, 0.29) is 5.88 Å². The van der Waals surface area contributed by atoms with Gasteiger partial charge in [0.15, 0.2) is 0 Å². The average Bonchev–Trinajstić information content (AvgIpc) is 2.32. The highest BCUT2D eigenvalue weighted by molar-refractivity contribution is 7.97. The Labute approximate surface area is 70.4 Å². The van der Waals surface area contributed by atoms with Gasteiger partial charge in [-0.2, -0.15) is 16.9 Å². The summed E-state index contributed by atoms with van der Waals surface area (Å²) < 4.78 is 1.59. The van der Waals surface area contributed by atoms with Crippen LogP contribution < -0.4 is 0 Å². The lowest BCUT2D eigenvalue weighted by Crippen LogP contribution is -1.95. The van der Waals surface area contributed by atoms with Gasteiger partial charge >= 0.3 is 0 Å². The summed E-state index contributed by atoms with van der Waals surface area (Å²) in [4.78, 5) is 0. The molecule has 62 valence electrons. The number of aryl methyl sites for hydroxylation is 1. The molecule has 11 heavy (non-hydrogen) atoms. The Hall–Kier alpha value is -0.640. The van der Waals surface area contributed by atoms with Crippen LogP contribution >= 0.6 is 11.8 Å². The van der Waals surface area contributed by atoms with Gasteiger partial charge in [-0.1, -0.05) is 0 Å². The maximum Gasteiger partial charge on any atom is 0.209 e. The Morgan fingerprint density at radius 2 is 2.45 bits per heavy atom. The Morgan fingerprint density at radius 3 is 2.91 bits per heavy atom. The van der Waals surface area contributed by atoms with Crippen LogP contribution in [0.4, 0.5) is 0 Å². The fourth-order valence-electron chi connectivity index (χ4n) is 0.910. The van der Waals surface area contributed by atoms with Gasteiger partial charge in [0.05, 0.1) is 5.69 Å². The molecule has 0 atom stereocenters. The zero-order valence-corrected chi connectivity index (χ0v) is 7.56. The maximum atomic E-state index is 9.25. The molecule has 0 unspecified atom stereocenters. The summed E-state index contributed by atoms with van der Waals surface area (Å²) >= 11 is 1.70. The molecule has 0 saturated heterocycles. The van der Waals surface area contributed by atoms with E-state index in [4.69, 9.17) is 0 Å². The van der Waals surface area contributed by atoms with E-state index in [0.717, 1.165) is 18.0 Å². The van der Waals surface area contributed by atoms with Crippen molar-refractivity contribution in [3.63, 3.8) is 0 Å². The van der Waals surface area contributed by atoms with Crippen molar-refractivity contribution >= 4 is 11.8 Å². The van der Waals surface area contributed by atoms with Crippen LogP contribution in [0.1, 0.15) is 12.6 Å². The van der Waals surface area contributed by atoms with Gasteiger partial charge in [-0.25, -0.2) is 4.68 Å². The number of hydrogen-bond acceptors (Lipinski definition) is 3. The predicted octanol–water partition coefficient (Wildman–Crippen LogP) is 1.47. The minimum absolute atomic E-state index is 0.261. The molecule has 1 aromatic rings.